The van der Waals surface area contributed by atoms with Gasteiger partial charge in [-0.05, 0) is 92.3 Å². The molecule has 0 unspecified atom stereocenters. The van der Waals surface area contributed by atoms with Gasteiger partial charge in [-0.25, -0.2) is 0 Å². The van der Waals surface area contributed by atoms with Gasteiger partial charge in [0.05, 0.1) is 17.3 Å². The fourth-order valence-corrected chi connectivity index (χ4v) is 8.12. The number of aromatic nitrogens is 1. The predicted octanol–water partition coefficient (Wildman–Crippen LogP) is 13.1. The van der Waals surface area contributed by atoms with Crippen LogP contribution in [0.25, 0.3) is 104 Å². The molecule has 0 radical (unpaired) electrons. The second-order valence-electron chi connectivity index (χ2n) is 12.9. The Balaban J connectivity index is 1.19. The average molecular weight is 626 g/mol. The molecule has 0 saturated carbocycles. The van der Waals surface area contributed by atoms with E-state index in [9.17, 15) is 0 Å². The van der Waals surface area contributed by atoms with E-state index in [2.05, 4.69) is 150 Å². The lowest BCUT2D eigenvalue weighted by atomic mass is 9.85. The van der Waals surface area contributed by atoms with Gasteiger partial charge >= 0.3 is 0 Å². The van der Waals surface area contributed by atoms with Crippen LogP contribution in [-0.4, -0.2) is 4.57 Å². The minimum atomic E-state index is 0.835. The van der Waals surface area contributed by atoms with E-state index in [1.54, 1.807) is 6.26 Å². The molecule has 3 aromatic heterocycles. The highest BCUT2D eigenvalue weighted by molar-refractivity contribution is 6.23. The van der Waals surface area contributed by atoms with Crippen LogP contribution >= 0.6 is 0 Å². The van der Waals surface area contributed by atoms with Crippen molar-refractivity contribution in [3.63, 3.8) is 0 Å². The summed E-state index contributed by atoms with van der Waals surface area (Å²) in [5, 5.41) is 10.7. The van der Waals surface area contributed by atoms with E-state index in [1.807, 2.05) is 12.1 Å². The van der Waals surface area contributed by atoms with Crippen LogP contribution < -0.4 is 0 Å². The second kappa shape index (κ2) is 9.96. The molecule has 0 spiro atoms. The maximum absolute atomic E-state index is 6.46. The van der Waals surface area contributed by atoms with E-state index in [-0.39, 0.29) is 0 Å². The van der Waals surface area contributed by atoms with Crippen molar-refractivity contribution in [1.29, 1.82) is 0 Å². The van der Waals surface area contributed by atoms with Crippen LogP contribution in [0.1, 0.15) is 0 Å². The maximum Gasteiger partial charge on any atom is 0.139 e. The molecule has 0 N–H and O–H groups in total. The molecule has 11 rings (SSSR count). The van der Waals surface area contributed by atoms with Gasteiger partial charge in [0.25, 0.3) is 0 Å². The Hall–Kier alpha value is -6.58. The summed E-state index contributed by atoms with van der Waals surface area (Å²) in [5.74, 6) is 0. The Bertz CT molecular complexity index is 3050. The Kier molecular flexibility index (Phi) is 5.38. The molecule has 0 amide bonds. The first-order valence-electron chi connectivity index (χ1n) is 16.7. The Labute approximate surface area is 280 Å². The molecule has 0 fully saturated rings. The van der Waals surface area contributed by atoms with Crippen LogP contribution in [0.3, 0.4) is 0 Å². The number of para-hydroxylation sites is 2. The van der Waals surface area contributed by atoms with Gasteiger partial charge in [0.15, 0.2) is 0 Å². The van der Waals surface area contributed by atoms with Crippen molar-refractivity contribution in [2.24, 2.45) is 0 Å². The van der Waals surface area contributed by atoms with E-state index in [4.69, 9.17) is 8.83 Å². The van der Waals surface area contributed by atoms with Crippen molar-refractivity contribution >= 4 is 76.3 Å². The molecule has 0 atom stereocenters. The molecule has 0 aliphatic rings. The Morgan fingerprint density at radius 1 is 0.367 bits per heavy atom. The number of fused-ring (bicyclic) bond motifs is 9. The molecule has 8 aromatic carbocycles. The van der Waals surface area contributed by atoms with Gasteiger partial charge in [-0.1, -0.05) is 103 Å². The zero-order valence-electron chi connectivity index (χ0n) is 26.4. The van der Waals surface area contributed by atoms with E-state index in [0.717, 1.165) is 44.2 Å². The van der Waals surface area contributed by atoms with Gasteiger partial charge in [0, 0.05) is 38.7 Å². The van der Waals surface area contributed by atoms with E-state index in [0.29, 0.717) is 0 Å². The van der Waals surface area contributed by atoms with Gasteiger partial charge in [-0.3, -0.25) is 0 Å². The smallest absolute Gasteiger partial charge is 0.139 e. The molecular weight excluding hydrogens is 599 g/mol. The van der Waals surface area contributed by atoms with Gasteiger partial charge in [0.2, 0.25) is 0 Å². The molecule has 3 nitrogen and oxygen atoms in total. The number of hydrogen-bond acceptors (Lipinski definition) is 2. The van der Waals surface area contributed by atoms with E-state index < -0.39 is 0 Å². The van der Waals surface area contributed by atoms with Crippen LogP contribution in [-0.2, 0) is 0 Å². The highest BCUT2D eigenvalue weighted by Crippen LogP contribution is 2.46. The summed E-state index contributed by atoms with van der Waals surface area (Å²) >= 11 is 0. The van der Waals surface area contributed by atoms with E-state index in [1.165, 1.54) is 60.0 Å². The lowest BCUT2D eigenvalue weighted by Gasteiger charge is -2.18. The summed E-state index contributed by atoms with van der Waals surface area (Å²) in [7, 11) is 0. The monoisotopic (exact) mass is 625 g/mol. The first-order valence-corrected chi connectivity index (χ1v) is 16.7. The van der Waals surface area contributed by atoms with Crippen molar-refractivity contribution in [3.8, 4) is 27.9 Å². The first-order chi connectivity index (χ1) is 24.3. The number of nitrogens with zero attached hydrogens (tertiary/aromatic N) is 1. The van der Waals surface area contributed by atoms with Crippen molar-refractivity contribution in [2.45, 2.75) is 0 Å². The van der Waals surface area contributed by atoms with Crippen LogP contribution in [0, 0.1) is 0 Å². The third-order valence-electron chi connectivity index (χ3n) is 10.2. The summed E-state index contributed by atoms with van der Waals surface area (Å²) in [6, 6.07) is 56.8. The molecule has 0 saturated heterocycles. The van der Waals surface area contributed by atoms with Crippen molar-refractivity contribution < 1.29 is 8.83 Å². The summed E-state index contributed by atoms with van der Waals surface area (Å²) in [6.45, 7) is 0. The number of rotatable bonds is 3. The van der Waals surface area contributed by atoms with Gasteiger partial charge in [-0.15, -0.1) is 0 Å². The highest BCUT2D eigenvalue weighted by Gasteiger charge is 2.20. The van der Waals surface area contributed by atoms with Crippen LogP contribution in [0.2, 0.25) is 0 Å². The predicted molar refractivity (Wildman–Crippen MR) is 204 cm³/mol. The highest BCUT2D eigenvalue weighted by atomic mass is 16.3. The number of benzene rings is 8. The fraction of sp³-hybridized carbons (Fsp3) is 0. The quantitative estimate of drug-likeness (QED) is 0.183. The zero-order chi connectivity index (χ0) is 32.1. The average Bonchev–Trinajstić information content (AvgIpc) is 3.85. The lowest BCUT2D eigenvalue weighted by Crippen LogP contribution is -1.94. The molecule has 3 heterocycles. The SMILES string of the molecule is c1ccc(-n2c3ccccc3c3ccc(-c4c5ccccc5c(-c5ccc6c(c5)oc5cc7occc7cc56)c5ccccc45)cc32)cc1. The molecule has 11 aromatic rings. The molecule has 0 bridgehead atoms. The molecular formula is C46H27NO2. The van der Waals surface area contributed by atoms with Gasteiger partial charge < -0.3 is 13.4 Å². The largest absolute Gasteiger partial charge is 0.464 e. The Morgan fingerprint density at radius 2 is 0.939 bits per heavy atom. The molecule has 3 heteroatoms. The summed E-state index contributed by atoms with van der Waals surface area (Å²) in [4.78, 5) is 0. The molecule has 0 aliphatic heterocycles. The number of hydrogen-bond donors (Lipinski definition) is 0. The maximum atomic E-state index is 6.46. The molecule has 0 aliphatic carbocycles. The second-order valence-corrected chi connectivity index (χ2v) is 12.9. The fourth-order valence-electron chi connectivity index (χ4n) is 8.12. The Morgan fingerprint density at radius 3 is 1.65 bits per heavy atom. The normalized spacial score (nSPS) is 12.1. The van der Waals surface area contributed by atoms with E-state index >= 15 is 0 Å². The lowest BCUT2D eigenvalue weighted by molar-refractivity contribution is 0.613. The minimum absolute atomic E-state index is 0.835. The van der Waals surface area contributed by atoms with Crippen molar-refractivity contribution in [2.75, 3.05) is 0 Å². The minimum Gasteiger partial charge on any atom is -0.464 e. The third kappa shape index (κ3) is 3.78. The summed E-state index contributed by atoms with van der Waals surface area (Å²) in [5.41, 5.74) is 10.9. The molecule has 49 heavy (non-hydrogen) atoms. The first kappa shape index (κ1) is 26.5. The summed E-state index contributed by atoms with van der Waals surface area (Å²) in [6.07, 6.45) is 1.73. The zero-order valence-corrected chi connectivity index (χ0v) is 26.4. The number of furan rings is 2. The van der Waals surface area contributed by atoms with Crippen LogP contribution in [0.15, 0.2) is 173 Å². The molecule has 228 valence electrons. The van der Waals surface area contributed by atoms with Crippen molar-refractivity contribution in [3.05, 3.63) is 164 Å². The van der Waals surface area contributed by atoms with Gasteiger partial charge in [-0.2, -0.15) is 0 Å². The topological polar surface area (TPSA) is 31.2 Å². The van der Waals surface area contributed by atoms with Crippen molar-refractivity contribution in [1.82, 2.24) is 4.57 Å². The standard InChI is InChI=1S/C46H27NO2/c1-2-10-31(11-3-1)47-40-17-9-8-12-32(40)33-20-18-29(25-41(33)47)45-35-13-4-6-15-37(35)46(38-16-7-5-14-36(38)45)30-19-21-34-39-24-28-22-23-48-42(28)27-44(39)49-43(34)26-30/h1-27H. The third-order valence-corrected chi connectivity index (χ3v) is 10.2. The van der Waals surface area contributed by atoms with Crippen LogP contribution in [0.4, 0.5) is 0 Å². The summed E-state index contributed by atoms with van der Waals surface area (Å²) < 4.78 is 14.5. The van der Waals surface area contributed by atoms with Crippen LogP contribution in [0.5, 0.6) is 0 Å². The van der Waals surface area contributed by atoms with Gasteiger partial charge in [0.1, 0.15) is 16.7 Å².